The first-order valence-electron chi connectivity index (χ1n) is 8.70. The van der Waals surface area contributed by atoms with E-state index in [1.807, 2.05) is 10.6 Å². The van der Waals surface area contributed by atoms with E-state index < -0.39 is 6.04 Å². The van der Waals surface area contributed by atoms with E-state index in [4.69, 9.17) is 0 Å². The molecule has 5 nitrogen and oxygen atoms in total. The predicted octanol–water partition coefficient (Wildman–Crippen LogP) is 3.07. The molecule has 2 heterocycles. The predicted molar refractivity (Wildman–Crippen MR) is 97.0 cm³/mol. The zero-order valence-corrected chi connectivity index (χ0v) is 14.5. The van der Waals surface area contributed by atoms with Gasteiger partial charge in [0.05, 0.1) is 30.2 Å². The molecule has 0 saturated heterocycles. The Hall–Kier alpha value is -3.46. The summed E-state index contributed by atoms with van der Waals surface area (Å²) in [5.41, 5.74) is 3.21. The lowest BCUT2D eigenvalue weighted by Crippen LogP contribution is -2.43. The fraction of sp³-hybridized carbons (Fsp3) is 0.190. The minimum absolute atomic E-state index is 0.0299. The lowest BCUT2D eigenvalue weighted by Gasteiger charge is -2.34. The molecule has 1 aromatic heterocycles. The van der Waals surface area contributed by atoms with Gasteiger partial charge in [-0.2, -0.15) is 5.26 Å². The van der Waals surface area contributed by atoms with Gasteiger partial charge in [0.25, 0.3) is 5.91 Å². The van der Waals surface area contributed by atoms with Gasteiger partial charge in [-0.05, 0) is 41.8 Å². The third-order valence-corrected chi connectivity index (χ3v) is 4.84. The number of amides is 1. The van der Waals surface area contributed by atoms with Crippen LogP contribution in [-0.4, -0.2) is 26.9 Å². The summed E-state index contributed by atoms with van der Waals surface area (Å²) in [6.45, 7) is 1.01. The summed E-state index contributed by atoms with van der Waals surface area (Å²) >= 11 is 0. The summed E-state index contributed by atoms with van der Waals surface area (Å²) in [5, 5.41) is 9.17. The largest absolute Gasteiger partial charge is 0.334 e. The lowest BCUT2D eigenvalue weighted by molar-refractivity contribution is -0.136. The average molecular weight is 360 g/mol. The van der Waals surface area contributed by atoms with Gasteiger partial charge in [-0.3, -0.25) is 4.79 Å². The molecular weight excluding hydrogens is 343 g/mol. The molecular formula is C21H17FN4O. The number of hydrogen-bond acceptors (Lipinski definition) is 3. The van der Waals surface area contributed by atoms with Crippen LogP contribution in [0.15, 0.2) is 61.1 Å². The van der Waals surface area contributed by atoms with Crippen LogP contribution in [0.25, 0.3) is 0 Å². The van der Waals surface area contributed by atoms with Crippen molar-refractivity contribution in [2.75, 3.05) is 6.54 Å². The second-order valence-corrected chi connectivity index (χ2v) is 6.57. The summed E-state index contributed by atoms with van der Waals surface area (Å²) in [7, 11) is 0. The first-order chi connectivity index (χ1) is 13.2. The van der Waals surface area contributed by atoms with E-state index in [2.05, 4.69) is 11.1 Å². The van der Waals surface area contributed by atoms with E-state index in [0.29, 0.717) is 25.1 Å². The van der Waals surface area contributed by atoms with Crippen LogP contribution in [-0.2, 0) is 17.8 Å². The molecule has 1 atom stereocenters. The minimum atomic E-state index is -0.530. The number of carbonyl (C=O) groups excluding carboxylic acids is 1. The minimum Gasteiger partial charge on any atom is -0.334 e. The number of fused-ring (bicyclic) bond motifs is 1. The maximum absolute atomic E-state index is 13.2. The third kappa shape index (κ3) is 3.32. The normalized spacial score (nSPS) is 16.1. The van der Waals surface area contributed by atoms with Crippen molar-refractivity contribution in [2.45, 2.75) is 19.0 Å². The van der Waals surface area contributed by atoms with Crippen LogP contribution in [0.5, 0.6) is 0 Å². The van der Waals surface area contributed by atoms with Gasteiger partial charge < -0.3 is 9.47 Å². The molecule has 4 rings (SSSR count). The maximum Gasteiger partial charge on any atom is 0.250 e. The monoisotopic (exact) mass is 360 g/mol. The number of nitrogens with zero attached hydrogens (tertiary/aromatic N) is 4. The van der Waals surface area contributed by atoms with Crippen molar-refractivity contribution >= 4 is 5.91 Å². The number of aromatic nitrogens is 2. The van der Waals surface area contributed by atoms with Crippen LogP contribution in [0.1, 0.15) is 28.4 Å². The molecule has 0 radical (unpaired) electrons. The van der Waals surface area contributed by atoms with Gasteiger partial charge in [-0.25, -0.2) is 9.37 Å². The van der Waals surface area contributed by atoms with Crippen molar-refractivity contribution in [3.8, 4) is 6.07 Å². The first kappa shape index (κ1) is 17.0. The Morgan fingerprint density at radius 2 is 2.04 bits per heavy atom. The number of nitriles is 1. The number of carbonyl (C=O) groups is 1. The molecule has 27 heavy (non-hydrogen) atoms. The highest BCUT2D eigenvalue weighted by atomic mass is 19.1. The molecule has 0 saturated carbocycles. The zero-order valence-electron chi connectivity index (χ0n) is 14.5. The number of imidazole rings is 1. The van der Waals surface area contributed by atoms with Gasteiger partial charge in [0.1, 0.15) is 11.9 Å². The SMILES string of the molecule is N#Cc1cccc(C2C(=O)N(CCc3ccc(F)cc3)Cc3cncn32)c1. The lowest BCUT2D eigenvalue weighted by atomic mass is 10.00. The number of rotatable bonds is 4. The van der Waals surface area contributed by atoms with Crippen molar-refractivity contribution in [1.82, 2.24) is 14.5 Å². The average Bonchev–Trinajstić information content (AvgIpc) is 3.15. The van der Waals surface area contributed by atoms with Crippen LogP contribution in [0.3, 0.4) is 0 Å². The zero-order chi connectivity index (χ0) is 18.8. The number of benzene rings is 2. The molecule has 1 unspecified atom stereocenters. The maximum atomic E-state index is 13.2. The summed E-state index contributed by atoms with van der Waals surface area (Å²) in [5.74, 6) is -0.299. The van der Waals surface area contributed by atoms with Crippen molar-refractivity contribution in [3.63, 3.8) is 0 Å². The van der Waals surface area contributed by atoms with E-state index >= 15 is 0 Å². The second kappa shape index (κ2) is 7.04. The van der Waals surface area contributed by atoms with Crippen LogP contribution in [0, 0.1) is 17.1 Å². The molecule has 2 aromatic carbocycles. The summed E-state index contributed by atoms with van der Waals surface area (Å²) < 4.78 is 14.9. The van der Waals surface area contributed by atoms with Crippen LogP contribution in [0.4, 0.5) is 4.39 Å². The van der Waals surface area contributed by atoms with Crippen molar-refractivity contribution in [2.24, 2.45) is 0 Å². The van der Waals surface area contributed by atoms with Gasteiger partial charge in [0.15, 0.2) is 0 Å². The summed E-state index contributed by atoms with van der Waals surface area (Å²) in [6.07, 6.45) is 4.07. The Morgan fingerprint density at radius 1 is 1.22 bits per heavy atom. The third-order valence-electron chi connectivity index (χ3n) is 4.84. The van der Waals surface area contributed by atoms with Gasteiger partial charge in [-0.15, -0.1) is 0 Å². The van der Waals surface area contributed by atoms with Crippen molar-refractivity contribution < 1.29 is 9.18 Å². The number of halogens is 1. The summed E-state index contributed by atoms with van der Waals surface area (Å²) in [6, 6.07) is 15.0. The quantitative estimate of drug-likeness (QED) is 0.718. The summed E-state index contributed by atoms with van der Waals surface area (Å²) in [4.78, 5) is 19.2. The van der Waals surface area contributed by atoms with E-state index in [-0.39, 0.29) is 11.7 Å². The van der Waals surface area contributed by atoms with Crippen molar-refractivity contribution in [3.05, 3.63) is 89.3 Å². The molecule has 0 bridgehead atoms. The van der Waals surface area contributed by atoms with Gasteiger partial charge in [-0.1, -0.05) is 24.3 Å². The Kier molecular flexibility index (Phi) is 4.43. The number of hydrogen-bond donors (Lipinski definition) is 0. The Labute approximate surface area is 156 Å². The molecule has 0 spiro atoms. The first-order valence-corrected chi connectivity index (χ1v) is 8.70. The smallest absolute Gasteiger partial charge is 0.250 e. The Morgan fingerprint density at radius 3 is 2.81 bits per heavy atom. The molecule has 0 N–H and O–H groups in total. The molecule has 0 fully saturated rings. The van der Waals surface area contributed by atoms with E-state index in [1.165, 1.54) is 12.1 Å². The molecule has 134 valence electrons. The van der Waals surface area contributed by atoms with Crippen LogP contribution in [0.2, 0.25) is 0 Å². The molecule has 1 aliphatic heterocycles. The van der Waals surface area contributed by atoms with E-state index in [1.54, 1.807) is 47.8 Å². The second-order valence-electron chi connectivity index (χ2n) is 6.57. The van der Waals surface area contributed by atoms with Gasteiger partial charge in [0.2, 0.25) is 0 Å². The van der Waals surface area contributed by atoms with Gasteiger partial charge in [0, 0.05) is 12.7 Å². The molecule has 3 aromatic rings. The Balaban J connectivity index is 1.61. The van der Waals surface area contributed by atoms with Crippen LogP contribution >= 0.6 is 0 Å². The highest BCUT2D eigenvalue weighted by molar-refractivity contribution is 5.85. The van der Waals surface area contributed by atoms with Crippen LogP contribution < -0.4 is 0 Å². The highest BCUT2D eigenvalue weighted by Crippen LogP contribution is 2.29. The van der Waals surface area contributed by atoms with Crippen molar-refractivity contribution in [1.29, 1.82) is 5.26 Å². The fourth-order valence-electron chi connectivity index (χ4n) is 3.44. The topological polar surface area (TPSA) is 61.9 Å². The fourth-order valence-corrected chi connectivity index (χ4v) is 3.44. The molecule has 6 heteroatoms. The van der Waals surface area contributed by atoms with E-state index in [9.17, 15) is 14.4 Å². The highest BCUT2D eigenvalue weighted by Gasteiger charge is 2.33. The standard InChI is InChI=1S/C21H17FN4O/c22-18-6-4-15(5-7-18)8-9-25-13-19-12-24-14-26(19)20(21(25)27)17-3-1-2-16(10-17)11-23/h1-7,10,12,14,20H,8-9,13H2. The Bertz CT molecular complexity index is 1020. The molecule has 0 aliphatic carbocycles. The molecule has 1 aliphatic rings. The van der Waals surface area contributed by atoms with E-state index in [0.717, 1.165) is 16.8 Å². The molecule has 1 amide bonds. The van der Waals surface area contributed by atoms with Gasteiger partial charge >= 0.3 is 0 Å².